The normalized spacial score (nSPS) is 11.0. The van der Waals surface area contributed by atoms with Crippen molar-refractivity contribution in [2.24, 2.45) is 5.92 Å². The molecule has 0 aliphatic rings. The highest BCUT2D eigenvalue weighted by Gasteiger charge is 2.01. The van der Waals surface area contributed by atoms with Crippen molar-refractivity contribution in [3.8, 4) is 0 Å². The van der Waals surface area contributed by atoms with Gasteiger partial charge in [-0.2, -0.15) is 5.10 Å². The first-order valence-corrected chi connectivity index (χ1v) is 5.81. The molecular formula is C12H22N4. The first kappa shape index (κ1) is 12.9. The standard InChI is InChI=1S/C12H22N4/c1-10(2)5-6-16-9-14-12(15-16)8-13-7-11(3)4/h9,11,13H,1,5-8H2,2-4H3. The van der Waals surface area contributed by atoms with E-state index in [9.17, 15) is 0 Å². The summed E-state index contributed by atoms with van der Waals surface area (Å²) in [6, 6.07) is 0. The number of hydrogen-bond donors (Lipinski definition) is 1. The predicted molar refractivity (Wildman–Crippen MR) is 66.0 cm³/mol. The number of allylic oxidation sites excluding steroid dienone is 1. The van der Waals surface area contributed by atoms with Crippen LogP contribution in [0.25, 0.3) is 0 Å². The van der Waals surface area contributed by atoms with Crippen molar-refractivity contribution in [2.75, 3.05) is 6.54 Å². The zero-order valence-corrected chi connectivity index (χ0v) is 10.5. The van der Waals surface area contributed by atoms with Crippen LogP contribution in [0.1, 0.15) is 33.0 Å². The van der Waals surface area contributed by atoms with Gasteiger partial charge in [0.05, 0.1) is 6.54 Å². The molecule has 0 radical (unpaired) electrons. The van der Waals surface area contributed by atoms with Crippen LogP contribution >= 0.6 is 0 Å². The molecule has 1 aromatic heterocycles. The Morgan fingerprint density at radius 2 is 2.31 bits per heavy atom. The number of nitrogens with one attached hydrogen (secondary N) is 1. The van der Waals surface area contributed by atoms with E-state index in [-0.39, 0.29) is 0 Å². The number of aromatic nitrogens is 3. The fourth-order valence-electron chi connectivity index (χ4n) is 1.30. The van der Waals surface area contributed by atoms with E-state index in [0.29, 0.717) is 5.92 Å². The minimum absolute atomic E-state index is 0.658. The Morgan fingerprint density at radius 1 is 1.56 bits per heavy atom. The zero-order chi connectivity index (χ0) is 12.0. The predicted octanol–water partition coefficient (Wildman–Crippen LogP) is 1.99. The molecule has 0 aliphatic carbocycles. The van der Waals surface area contributed by atoms with Crippen LogP contribution in [-0.4, -0.2) is 21.3 Å². The van der Waals surface area contributed by atoms with Gasteiger partial charge in [0.15, 0.2) is 5.82 Å². The Balaban J connectivity index is 2.30. The van der Waals surface area contributed by atoms with E-state index in [4.69, 9.17) is 0 Å². The van der Waals surface area contributed by atoms with Crippen molar-refractivity contribution < 1.29 is 0 Å². The van der Waals surface area contributed by atoms with Crippen molar-refractivity contribution in [3.05, 3.63) is 24.3 Å². The van der Waals surface area contributed by atoms with Crippen molar-refractivity contribution in [1.82, 2.24) is 20.1 Å². The zero-order valence-electron chi connectivity index (χ0n) is 10.5. The summed E-state index contributed by atoms with van der Waals surface area (Å²) in [6.45, 7) is 12.9. The summed E-state index contributed by atoms with van der Waals surface area (Å²) in [5.74, 6) is 1.52. The molecule has 1 N–H and O–H groups in total. The van der Waals surface area contributed by atoms with Gasteiger partial charge in [-0.05, 0) is 25.8 Å². The monoisotopic (exact) mass is 222 g/mol. The highest BCUT2D eigenvalue weighted by Crippen LogP contribution is 1.99. The molecule has 0 spiro atoms. The largest absolute Gasteiger partial charge is 0.310 e. The number of aryl methyl sites for hydroxylation is 1. The van der Waals surface area contributed by atoms with Crippen molar-refractivity contribution >= 4 is 0 Å². The molecule has 16 heavy (non-hydrogen) atoms. The summed E-state index contributed by atoms with van der Waals surface area (Å²) < 4.78 is 1.88. The molecule has 0 unspecified atom stereocenters. The third kappa shape index (κ3) is 5.07. The van der Waals surface area contributed by atoms with Crippen molar-refractivity contribution in [3.63, 3.8) is 0 Å². The lowest BCUT2D eigenvalue weighted by molar-refractivity contribution is 0.536. The summed E-state index contributed by atoms with van der Waals surface area (Å²) in [7, 11) is 0. The van der Waals surface area contributed by atoms with E-state index in [0.717, 1.165) is 31.9 Å². The SMILES string of the molecule is C=C(C)CCn1cnc(CNCC(C)C)n1. The van der Waals surface area contributed by atoms with Gasteiger partial charge in [0.25, 0.3) is 0 Å². The van der Waals surface area contributed by atoms with Gasteiger partial charge in [0.2, 0.25) is 0 Å². The Kier molecular flexibility index (Phi) is 5.19. The fraction of sp³-hybridized carbons (Fsp3) is 0.667. The number of nitrogens with zero attached hydrogens (tertiary/aromatic N) is 3. The Hall–Kier alpha value is -1.16. The van der Waals surface area contributed by atoms with Crippen molar-refractivity contribution in [2.45, 2.75) is 40.3 Å². The second-order valence-electron chi connectivity index (χ2n) is 4.66. The summed E-state index contributed by atoms with van der Waals surface area (Å²) in [5, 5.41) is 7.70. The lowest BCUT2D eigenvalue weighted by Gasteiger charge is -2.04. The molecule has 0 aliphatic heterocycles. The minimum Gasteiger partial charge on any atom is -0.310 e. The molecule has 0 amide bonds. The van der Waals surface area contributed by atoms with E-state index < -0.39 is 0 Å². The molecule has 90 valence electrons. The molecule has 4 heteroatoms. The second-order valence-corrected chi connectivity index (χ2v) is 4.66. The molecule has 0 bridgehead atoms. The highest BCUT2D eigenvalue weighted by molar-refractivity contribution is 4.88. The smallest absolute Gasteiger partial charge is 0.164 e. The molecule has 0 aromatic carbocycles. The van der Waals surface area contributed by atoms with E-state index in [1.54, 1.807) is 6.33 Å². The molecule has 4 nitrogen and oxygen atoms in total. The van der Waals surface area contributed by atoms with Crippen LogP contribution in [0.4, 0.5) is 0 Å². The third-order valence-electron chi connectivity index (χ3n) is 2.19. The van der Waals surface area contributed by atoms with Gasteiger partial charge in [0, 0.05) is 6.54 Å². The van der Waals surface area contributed by atoms with Gasteiger partial charge in [-0.25, -0.2) is 4.98 Å². The second kappa shape index (κ2) is 6.43. The fourth-order valence-corrected chi connectivity index (χ4v) is 1.30. The molecule has 0 atom stereocenters. The molecule has 0 saturated heterocycles. The average molecular weight is 222 g/mol. The Labute approximate surface area is 97.8 Å². The molecule has 0 fully saturated rings. The molecular weight excluding hydrogens is 200 g/mol. The van der Waals surface area contributed by atoms with E-state index in [2.05, 4.69) is 35.8 Å². The van der Waals surface area contributed by atoms with Gasteiger partial charge < -0.3 is 5.32 Å². The average Bonchev–Trinajstić information content (AvgIpc) is 2.62. The summed E-state index contributed by atoms with van der Waals surface area (Å²) >= 11 is 0. The van der Waals surface area contributed by atoms with Crippen LogP contribution in [0.5, 0.6) is 0 Å². The maximum atomic E-state index is 4.38. The van der Waals surface area contributed by atoms with Gasteiger partial charge >= 0.3 is 0 Å². The highest BCUT2D eigenvalue weighted by atomic mass is 15.3. The molecule has 1 heterocycles. The maximum absolute atomic E-state index is 4.38. The first-order chi connectivity index (χ1) is 7.58. The lowest BCUT2D eigenvalue weighted by atomic mass is 10.2. The first-order valence-electron chi connectivity index (χ1n) is 5.81. The minimum atomic E-state index is 0.658. The summed E-state index contributed by atoms with van der Waals surface area (Å²) in [5.41, 5.74) is 1.18. The van der Waals surface area contributed by atoms with Crippen LogP contribution in [0, 0.1) is 5.92 Å². The Morgan fingerprint density at radius 3 is 2.94 bits per heavy atom. The molecule has 1 aromatic rings. The third-order valence-corrected chi connectivity index (χ3v) is 2.19. The maximum Gasteiger partial charge on any atom is 0.164 e. The van der Waals surface area contributed by atoms with Gasteiger partial charge in [-0.3, -0.25) is 4.68 Å². The lowest BCUT2D eigenvalue weighted by Crippen LogP contribution is -2.19. The summed E-state index contributed by atoms with van der Waals surface area (Å²) in [6.07, 6.45) is 2.75. The van der Waals surface area contributed by atoms with Gasteiger partial charge in [-0.15, -0.1) is 6.58 Å². The van der Waals surface area contributed by atoms with E-state index >= 15 is 0 Å². The van der Waals surface area contributed by atoms with Crippen LogP contribution in [0.2, 0.25) is 0 Å². The topological polar surface area (TPSA) is 42.7 Å². The van der Waals surface area contributed by atoms with E-state index in [1.807, 2.05) is 11.6 Å². The van der Waals surface area contributed by atoms with Crippen LogP contribution in [0.3, 0.4) is 0 Å². The molecule has 0 saturated carbocycles. The van der Waals surface area contributed by atoms with Crippen molar-refractivity contribution in [1.29, 1.82) is 0 Å². The van der Waals surface area contributed by atoms with Crippen LogP contribution in [-0.2, 0) is 13.1 Å². The molecule has 1 rings (SSSR count). The quantitative estimate of drug-likeness (QED) is 0.717. The summed E-state index contributed by atoms with van der Waals surface area (Å²) in [4.78, 5) is 4.25. The Bertz CT molecular complexity index is 328. The van der Waals surface area contributed by atoms with Crippen LogP contribution < -0.4 is 5.32 Å². The van der Waals surface area contributed by atoms with Gasteiger partial charge in [0.1, 0.15) is 6.33 Å². The van der Waals surface area contributed by atoms with Gasteiger partial charge in [-0.1, -0.05) is 19.4 Å². The number of rotatable bonds is 7. The number of hydrogen-bond acceptors (Lipinski definition) is 3. The van der Waals surface area contributed by atoms with Crippen LogP contribution in [0.15, 0.2) is 18.5 Å². The van der Waals surface area contributed by atoms with E-state index in [1.165, 1.54) is 5.57 Å².